The number of halogens is 3. The van der Waals surface area contributed by atoms with Crippen LogP contribution < -0.4 is 0 Å². The van der Waals surface area contributed by atoms with Crippen LogP contribution in [0.4, 0.5) is 13.2 Å². The molecular weight excluding hydrogens is 253 g/mol. The first-order valence-electron chi connectivity index (χ1n) is 4.49. The Labute approximate surface area is 98.5 Å². The van der Waals surface area contributed by atoms with Crippen LogP contribution in [-0.2, 0) is 17.0 Å². The normalized spacial score (nSPS) is 12.9. The van der Waals surface area contributed by atoms with Crippen molar-refractivity contribution >= 4 is 10.8 Å². The summed E-state index contributed by atoms with van der Waals surface area (Å²) < 4.78 is 49.0. The van der Waals surface area contributed by atoms with Crippen molar-refractivity contribution in [1.29, 1.82) is 0 Å². The first-order chi connectivity index (χ1) is 7.90. The Kier molecular flexibility index (Phi) is 4.28. The first-order valence-corrected chi connectivity index (χ1v) is 5.64. The number of rotatable bonds is 3. The third-order valence-corrected chi connectivity index (χ3v) is 3.34. The molecule has 92 valence electrons. The van der Waals surface area contributed by atoms with Crippen LogP contribution in [0.3, 0.4) is 0 Å². The SMILES string of the molecule is C=C=C(CO)S(=O)c1cccc(C(F)(F)F)c1. The van der Waals surface area contributed by atoms with Gasteiger partial charge in [-0.25, -0.2) is 4.21 Å². The van der Waals surface area contributed by atoms with E-state index >= 15 is 0 Å². The Morgan fingerprint density at radius 2 is 2.12 bits per heavy atom. The lowest BCUT2D eigenvalue weighted by molar-refractivity contribution is -0.137. The molecule has 0 radical (unpaired) electrons. The molecule has 0 heterocycles. The summed E-state index contributed by atoms with van der Waals surface area (Å²) in [5.74, 6) is 0. The second kappa shape index (κ2) is 5.31. The monoisotopic (exact) mass is 262 g/mol. The van der Waals surface area contributed by atoms with E-state index in [2.05, 4.69) is 12.3 Å². The molecule has 0 saturated carbocycles. The number of hydrogen-bond donors (Lipinski definition) is 1. The summed E-state index contributed by atoms with van der Waals surface area (Å²) in [5.41, 5.74) is 1.36. The van der Waals surface area contributed by atoms with E-state index in [9.17, 15) is 17.4 Å². The number of benzene rings is 1. The molecule has 1 aromatic carbocycles. The fraction of sp³-hybridized carbons (Fsp3) is 0.182. The summed E-state index contributed by atoms with van der Waals surface area (Å²) in [5, 5.41) is 8.83. The van der Waals surface area contributed by atoms with Crippen molar-refractivity contribution in [3.05, 3.63) is 47.0 Å². The molecule has 0 fully saturated rings. The van der Waals surface area contributed by atoms with E-state index in [4.69, 9.17) is 5.11 Å². The van der Waals surface area contributed by atoms with Gasteiger partial charge in [0.15, 0.2) is 0 Å². The molecule has 0 aliphatic carbocycles. The number of hydrogen-bond acceptors (Lipinski definition) is 2. The molecule has 17 heavy (non-hydrogen) atoms. The molecule has 1 N–H and O–H groups in total. The van der Waals surface area contributed by atoms with E-state index in [1.165, 1.54) is 6.07 Å². The standard InChI is InChI=1S/C11H9F3O2S/c1-2-9(7-15)17(16)10-5-3-4-8(6-10)11(12,13)14/h3-6,15H,1,7H2. The maximum atomic E-state index is 12.4. The minimum absolute atomic E-state index is 0.0416. The van der Waals surface area contributed by atoms with Gasteiger partial charge in [0.2, 0.25) is 0 Å². The van der Waals surface area contributed by atoms with Crippen molar-refractivity contribution in [1.82, 2.24) is 0 Å². The van der Waals surface area contributed by atoms with Gasteiger partial charge in [0.05, 0.1) is 27.9 Å². The molecule has 6 heteroatoms. The molecule has 0 aromatic heterocycles. The molecule has 0 bridgehead atoms. The predicted molar refractivity (Wildman–Crippen MR) is 57.6 cm³/mol. The minimum Gasteiger partial charge on any atom is -0.390 e. The van der Waals surface area contributed by atoms with Crippen LogP contribution in [0.25, 0.3) is 0 Å². The van der Waals surface area contributed by atoms with Crippen molar-refractivity contribution in [2.75, 3.05) is 6.61 Å². The van der Waals surface area contributed by atoms with E-state index < -0.39 is 29.1 Å². The Hall–Kier alpha value is -1.36. The molecule has 1 unspecified atom stereocenters. The van der Waals surface area contributed by atoms with Crippen LogP contribution in [0.15, 0.2) is 46.4 Å². The van der Waals surface area contributed by atoms with E-state index in [0.29, 0.717) is 0 Å². The van der Waals surface area contributed by atoms with Crippen LogP contribution in [0, 0.1) is 0 Å². The number of aliphatic hydroxyl groups is 1. The summed E-state index contributed by atoms with van der Waals surface area (Å²) in [6.45, 7) is 2.65. The zero-order valence-electron chi connectivity index (χ0n) is 8.62. The van der Waals surface area contributed by atoms with Crippen molar-refractivity contribution in [3.63, 3.8) is 0 Å². The van der Waals surface area contributed by atoms with Crippen LogP contribution in [0.5, 0.6) is 0 Å². The van der Waals surface area contributed by atoms with E-state index in [-0.39, 0.29) is 9.80 Å². The van der Waals surface area contributed by atoms with Crippen molar-refractivity contribution in [2.24, 2.45) is 0 Å². The highest BCUT2D eigenvalue weighted by Gasteiger charge is 2.30. The quantitative estimate of drug-likeness (QED) is 0.850. The van der Waals surface area contributed by atoms with Crippen molar-refractivity contribution in [3.8, 4) is 0 Å². The molecule has 0 aliphatic heterocycles. The Balaban J connectivity index is 3.17. The zero-order chi connectivity index (χ0) is 13.1. The average Bonchev–Trinajstić information content (AvgIpc) is 2.29. The van der Waals surface area contributed by atoms with Crippen molar-refractivity contribution < 1.29 is 22.5 Å². The topological polar surface area (TPSA) is 37.3 Å². The summed E-state index contributed by atoms with van der Waals surface area (Å²) >= 11 is 0. The molecular formula is C11H9F3O2S. The van der Waals surface area contributed by atoms with Crippen LogP contribution in [0.1, 0.15) is 5.56 Å². The maximum Gasteiger partial charge on any atom is 0.416 e. The van der Waals surface area contributed by atoms with Gasteiger partial charge in [-0.3, -0.25) is 0 Å². The maximum absolute atomic E-state index is 12.4. The zero-order valence-corrected chi connectivity index (χ0v) is 9.44. The molecule has 1 rings (SSSR count). The van der Waals surface area contributed by atoms with E-state index in [1.54, 1.807) is 0 Å². The van der Waals surface area contributed by atoms with Gasteiger partial charge in [0.25, 0.3) is 0 Å². The molecule has 0 spiro atoms. The summed E-state index contributed by atoms with van der Waals surface area (Å²) in [6, 6.07) is 4.12. The molecule has 1 aromatic rings. The second-order valence-corrected chi connectivity index (χ2v) is 4.55. The lowest BCUT2D eigenvalue weighted by Gasteiger charge is -2.08. The van der Waals surface area contributed by atoms with Crippen LogP contribution in [0.2, 0.25) is 0 Å². The van der Waals surface area contributed by atoms with E-state index in [0.717, 1.165) is 18.2 Å². The third-order valence-electron chi connectivity index (χ3n) is 1.94. The Bertz CT molecular complexity index is 488. The Morgan fingerprint density at radius 1 is 1.47 bits per heavy atom. The first kappa shape index (κ1) is 13.7. The van der Waals surface area contributed by atoms with Gasteiger partial charge in [0.1, 0.15) is 0 Å². The predicted octanol–water partition coefficient (Wildman–Crippen LogP) is 2.47. The average molecular weight is 262 g/mol. The fourth-order valence-corrected chi connectivity index (χ4v) is 2.08. The van der Waals surface area contributed by atoms with Gasteiger partial charge >= 0.3 is 6.18 Å². The van der Waals surface area contributed by atoms with Crippen LogP contribution >= 0.6 is 0 Å². The van der Waals surface area contributed by atoms with Gasteiger partial charge < -0.3 is 5.11 Å². The van der Waals surface area contributed by atoms with Gasteiger partial charge in [-0.05, 0) is 18.2 Å². The molecule has 0 amide bonds. The van der Waals surface area contributed by atoms with Gasteiger partial charge in [-0.15, -0.1) is 5.73 Å². The lowest BCUT2D eigenvalue weighted by atomic mass is 10.2. The summed E-state index contributed by atoms with van der Waals surface area (Å²) in [6.07, 6.45) is -4.49. The third kappa shape index (κ3) is 3.30. The van der Waals surface area contributed by atoms with E-state index in [1.807, 2.05) is 0 Å². The molecule has 1 atom stereocenters. The highest BCUT2D eigenvalue weighted by molar-refractivity contribution is 7.89. The van der Waals surface area contributed by atoms with Gasteiger partial charge in [-0.1, -0.05) is 12.6 Å². The number of aliphatic hydroxyl groups excluding tert-OH is 1. The highest BCUT2D eigenvalue weighted by Crippen LogP contribution is 2.30. The summed E-state index contributed by atoms with van der Waals surface area (Å²) in [4.78, 5) is -0.0932. The number of alkyl halides is 3. The fourth-order valence-electron chi connectivity index (χ4n) is 1.11. The smallest absolute Gasteiger partial charge is 0.390 e. The van der Waals surface area contributed by atoms with Crippen LogP contribution in [-0.4, -0.2) is 15.9 Å². The molecule has 0 saturated heterocycles. The molecule has 0 aliphatic rings. The van der Waals surface area contributed by atoms with Gasteiger partial charge in [-0.2, -0.15) is 13.2 Å². The summed E-state index contributed by atoms with van der Waals surface area (Å²) in [7, 11) is -1.87. The minimum atomic E-state index is -4.49. The van der Waals surface area contributed by atoms with Crippen molar-refractivity contribution in [2.45, 2.75) is 11.1 Å². The lowest BCUT2D eigenvalue weighted by Crippen LogP contribution is -2.06. The largest absolute Gasteiger partial charge is 0.416 e. The Morgan fingerprint density at radius 3 is 2.59 bits per heavy atom. The molecule has 2 nitrogen and oxygen atoms in total. The highest BCUT2D eigenvalue weighted by atomic mass is 32.2. The van der Waals surface area contributed by atoms with Gasteiger partial charge in [0, 0.05) is 4.90 Å². The second-order valence-electron chi connectivity index (χ2n) is 3.05.